The van der Waals surface area contributed by atoms with E-state index < -0.39 is 0 Å². The van der Waals surface area contributed by atoms with E-state index in [0.29, 0.717) is 6.61 Å². The van der Waals surface area contributed by atoms with Gasteiger partial charge in [-0.1, -0.05) is 36.4 Å². The monoisotopic (exact) mass is 498 g/mol. The molecule has 0 aliphatic carbocycles. The molecule has 6 heteroatoms. The Kier molecular flexibility index (Phi) is 7.65. The highest BCUT2D eigenvalue weighted by atomic mass is 16.5. The van der Waals surface area contributed by atoms with Crippen LogP contribution in [0.5, 0.6) is 5.75 Å². The molecule has 3 aromatic carbocycles. The van der Waals surface area contributed by atoms with Gasteiger partial charge in [-0.05, 0) is 67.9 Å². The molecule has 0 atom stereocenters. The Morgan fingerprint density at radius 1 is 0.730 bits per heavy atom. The van der Waals surface area contributed by atoms with Crippen molar-refractivity contribution in [2.45, 2.75) is 20.5 Å². The molecule has 0 saturated carbocycles. The maximum Gasteiger partial charge on any atom is 0.253 e. The van der Waals surface area contributed by atoms with Gasteiger partial charge in [-0.2, -0.15) is 0 Å². The Hall–Kier alpha value is -3.51. The molecule has 0 radical (unpaired) electrons. The highest BCUT2D eigenvalue weighted by Gasteiger charge is 2.23. The van der Waals surface area contributed by atoms with Crippen LogP contribution in [0.4, 0.5) is 11.4 Å². The molecule has 2 aliphatic rings. The minimum atomic E-state index is 0.105. The van der Waals surface area contributed by atoms with E-state index in [2.05, 4.69) is 65.9 Å². The lowest BCUT2D eigenvalue weighted by Crippen LogP contribution is -2.49. The van der Waals surface area contributed by atoms with Crippen LogP contribution >= 0.6 is 0 Å². The number of carbonyl (C=O) groups is 1. The Bertz CT molecular complexity index is 1210. The van der Waals surface area contributed by atoms with Crippen molar-refractivity contribution in [3.8, 4) is 5.75 Å². The molecule has 3 aromatic rings. The minimum absolute atomic E-state index is 0.105. The molecule has 0 aromatic heterocycles. The third kappa shape index (κ3) is 5.75. The minimum Gasteiger partial charge on any atom is -0.487 e. The van der Waals surface area contributed by atoms with Crippen molar-refractivity contribution in [1.29, 1.82) is 0 Å². The van der Waals surface area contributed by atoms with E-state index in [0.717, 1.165) is 74.9 Å². The second-order valence-electron chi connectivity index (χ2n) is 10.2. The summed E-state index contributed by atoms with van der Waals surface area (Å²) in [5.74, 6) is 1.02. The number of piperazine rings is 2. The molecule has 2 fully saturated rings. The number of carbonyl (C=O) groups excluding carboxylic acids is 1. The lowest BCUT2D eigenvalue weighted by Gasteiger charge is -2.37. The fraction of sp³-hybridized carbons (Fsp3) is 0.387. The van der Waals surface area contributed by atoms with Crippen LogP contribution in [0, 0.1) is 13.8 Å². The molecular weight excluding hydrogens is 460 g/mol. The van der Waals surface area contributed by atoms with Crippen molar-refractivity contribution < 1.29 is 9.53 Å². The summed E-state index contributed by atoms with van der Waals surface area (Å²) < 4.78 is 6.24. The molecule has 0 N–H and O–H groups in total. The topological polar surface area (TPSA) is 39.3 Å². The standard InChI is InChI=1S/C31H38N4O2/c1-24-7-6-9-28(25(24)2)33-19-21-35(22-20-33)31(36)27-13-11-26(12-14-27)23-37-30-10-5-4-8-29(30)34-17-15-32(3)16-18-34/h4-14H,15-23H2,1-3H3. The van der Waals surface area contributed by atoms with Crippen molar-refractivity contribution in [1.82, 2.24) is 9.80 Å². The lowest BCUT2D eigenvalue weighted by atomic mass is 10.1. The van der Waals surface area contributed by atoms with Gasteiger partial charge in [-0.15, -0.1) is 0 Å². The number of likely N-dealkylation sites (N-methyl/N-ethyl adjacent to an activating group) is 1. The number of rotatable bonds is 6. The van der Waals surface area contributed by atoms with Gasteiger partial charge in [0, 0.05) is 63.6 Å². The summed E-state index contributed by atoms with van der Waals surface area (Å²) in [6.45, 7) is 12.1. The molecule has 194 valence electrons. The number of hydrogen-bond acceptors (Lipinski definition) is 5. The van der Waals surface area contributed by atoms with Crippen LogP contribution in [0.25, 0.3) is 0 Å². The summed E-state index contributed by atoms with van der Waals surface area (Å²) in [6, 6.07) is 22.6. The summed E-state index contributed by atoms with van der Waals surface area (Å²) in [4.78, 5) is 22.3. The van der Waals surface area contributed by atoms with Crippen molar-refractivity contribution in [2.75, 3.05) is 69.2 Å². The molecule has 5 rings (SSSR count). The molecular formula is C31H38N4O2. The van der Waals surface area contributed by atoms with Gasteiger partial charge in [-0.3, -0.25) is 4.79 Å². The Morgan fingerprint density at radius 2 is 1.35 bits per heavy atom. The second kappa shape index (κ2) is 11.3. The first-order valence-corrected chi connectivity index (χ1v) is 13.3. The maximum atomic E-state index is 13.2. The van der Waals surface area contributed by atoms with Gasteiger partial charge >= 0.3 is 0 Å². The molecule has 0 unspecified atom stereocenters. The second-order valence-corrected chi connectivity index (χ2v) is 10.2. The predicted octanol–water partition coefficient (Wildman–Crippen LogP) is 4.60. The van der Waals surface area contributed by atoms with Crippen molar-refractivity contribution in [3.05, 3.63) is 89.0 Å². The van der Waals surface area contributed by atoms with E-state index in [1.807, 2.05) is 41.3 Å². The van der Waals surface area contributed by atoms with Crippen LogP contribution in [0.15, 0.2) is 66.7 Å². The summed E-state index contributed by atoms with van der Waals surface area (Å²) in [7, 11) is 2.17. The highest BCUT2D eigenvalue weighted by molar-refractivity contribution is 5.94. The predicted molar refractivity (Wildman–Crippen MR) is 151 cm³/mol. The first-order chi connectivity index (χ1) is 18.0. The molecule has 0 spiro atoms. The number of para-hydroxylation sites is 2. The van der Waals surface area contributed by atoms with Gasteiger partial charge in [0.15, 0.2) is 0 Å². The van der Waals surface area contributed by atoms with E-state index in [-0.39, 0.29) is 5.91 Å². The van der Waals surface area contributed by atoms with Crippen LogP contribution in [-0.4, -0.2) is 75.1 Å². The molecule has 0 bridgehead atoms. The lowest BCUT2D eigenvalue weighted by molar-refractivity contribution is 0.0746. The zero-order chi connectivity index (χ0) is 25.8. The Balaban J connectivity index is 1.16. The summed E-state index contributed by atoms with van der Waals surface area (Å²) in [6.07, 6.45) is 0. The van der Waals surface area contributed by atoms with Gasteiger partial charge < -0.3 is 24.3 Å². The van der Waals surface area contributed by atoms with Crippen LogP contribution < -0.4 is 14.5 Å². The number of hydrogen-bond donors (Lipinski definition) is 0. The number of nitrogens with zero attached hydrogens (tertiary/aromatic N) is 4. The van der Waals surface area contributed by atoms with Gasteiger partial charge in [0.25, 0.3) is 5.91 Å². The quantitative estimate of drug-likeness (QED) is 0.497. The van der Waals surface area contributed by atoms with Gasteiger partial charge in [-0.25, -0.2) is 0 Å². The molecule has 1 amide bonds. The number of amides is 1. The third-order valence-corrected chi connectivity index (χ3v) is 7.79. The van der Waals surface area contributed by atoms with Gasteiger partial charge in [0.2, 0.25) is 0 Å². The molecule has 2 saturated heterocycles. The summed E-state index contributed by atoms with van der Waals surface area (Å²) >= 11 is 0. The van der Waals surface area contributed by atoms with Crippen LogP contribution in [0.2, 0.25) is 0 Å². The fourth-order valence-electron chi connectivity index (χ4n) is 5.20. The SMILES string of the molecule is Cc1cccc(N2CCN(C(=O)c3ccc(COc4ccccc4N4CCN(C)CC4)cc3)CC2)c1C. The molecule has 2 aliphatic heterocycles. The number of benzene rings is 3. The number of anilines is 2. The smallest absolute Gasteiger partial charge is 0.253 e. The highest BCUT2D eigenvalue weighted by Crippen LogP contribution is 2.29. The normalized spacial score (nSPS) is 16.7. The van der Waals surface area contributed by atoms with E-state index in [9.17, 15) is 4.79 Å². The summed E-state index contributed by atoms with van der Waals surface area (Å²) in [5, 5.41) is 0. The van der Waals surface area contributed by atoms with Crippen molar-refractivity contribution >= 4 is 17.3 Å². The van der Waals surface area contributed by atoms with E-state index >= 15 is 0 Å². The van der Waals surface area contributed by atoms with E-state index in [1.54, 1.807) is 0 Å². The van der Waals surface area contributed by atoms with Crippen LogP contribution in [-0.2, 0) is 6.61 Å². The van der Waals surface area contributed by atoms with Gasteiger partial charge in [0.1, 0.15) is 12.4 Å². The van der Waals surface area contributed by atoms with Gasteiger partial charge in [0.05, 0.1) is 5.69 Å². The van der Waals surface area contributed by atoms with E-state index in [4.69, 9.17) is 4.74 Å². The van der Waals surface area contributed by atoms with E-state index in [1.165, 1.54) is 16.8 Å². The Labute approximate surface area is 221 Å². The fourth-order valence-corrected chi connectivity index (χ4v) is 5.20. The zero-order valence-electron chi connectivity index (χ0n) is 22.3. The third-order valence-electron chi connectivity index (χ3n) is 7.79. The van der Waals surface area contributed by atoms with Crippen molar-refractivity contribution in [2.24, 2.45) is 0 Å². The zero-order valence-corrected chi connectivity index (χ0v) is 22.3. The molecule has 37 heavy (non-hydrogen) atoms. The molecule has 6 nitrogen and oxygen atoms in total. The number of aryl methyl sites for hydroxylation is 1. The summed E-state index contributed by atoms with van der Waals surface area (Å²) in [5.41, 5.74) is 6.87. The number of ether oxygens (including phenoxy) is 1. The Morgan fingerprint density at radius 3 is 2.08 bits per heavy atom. The maximum absolute atomic E-state index is 13.2. The van der Waals surface area contributed by atoms with Crippen LogP contribution in [0.3, 0.4) is 0 Å². The molecule has 2 heterocycles. The first kappa shape index (κ1) is 25.2. The van der Waals surface area contributed by atoms with Crippen LogP contribution in [0.1, 0.15) is 27.0 Å². The largest absolute Gasteiger partial charge is 0.487 e. The first-order valence-electron chi connectivity index (χ1n) is 13.3. The van der Waals surface area contributed by atoms with Crippen molar-refractivity contribution in [3.63, 3.8) is 0 Å². The average Bonchev–Trinajstić information content (AvgIpc) is 2.94. The average molecular weight is 499 g/mol.